The highest BCUT2D eigenvalue weighted by atomic mass is 35.5. The van der Waals surface area contributed by atoms with Crippen LogP contribution in [0.3, 0.4) is 0 Å². The van der Waals surface area contributed by atoms with E-state index in [1.54, 1.807) is 11.0 Å². The summed E-state index contributed by atoms with van der Waals surface area (Å²) in [5.74, 6) is -0.691. The third-order valence-corrected chi connectivity index (χ3v) is 5.43. The predicted molar refractivity (Wildman–Crippen MR) is 99.2 cm³/mol. The van der Waals surface area contributed by atoms with Gasteiger partial charge < -0.3 is 10.2 Å². The molecule has 8 heteroatoms. The van der Waals surface area contributed by atoms with E-state index in [-0.39, 0.29) is 18.2 Å². The number of anilines is 2. The maximum Gasteiger partial charge on any atom is 0.231 e. The number of amides is 2. The van der Waals surface area contributed by atoms with Crippen molar-refractivity contribution in [1.82, 2.24) is 10.2 Å². The van der Waals surface area contributed by atoms with Gasteiger partial charge in [-0.15, -0.1) is 10.2 Å². The molecule has 0 unspecified atom stereocenters. The van der Waals surface area contributed by atoms with Crippen LogP contribution in [0, 0.1) is 12.8 Å². The lowest BCUT2D eigenvalue weighted by molar-refractivity contribution is -0.122. The summed E-state index contributed by atoms with van der Waals surface area (Å²) >= 11 is 7.52. The van der Waals surface area contributed by atoms with Crippen LogP contribution >= 0.6 is 22.9 Å². The van der Waals surface area contributed by atoms with E-state index in [9.17, 15) is 9.59 Å². The van der Waals surface area contributed by atoms with Crippen LogP contribution in [0.15, 0.2) is 18.2 Å². The summed E-state index contributed by atoms with van der Waals surface area (Å²) in [7, 11) is 0. The Morgan fingerprint density at radius 2 is 2.24 bits per heavy atom. The Morgan fingerprint density at radius 3 is 2.96 bits per heavy atom. The fourth-order valence-electron chi connectivity index (χ4n) is 2.71. The smallest absolute Gasteiger partial charge is 0.231 e. The van der Waals surface area contributed by atoms with Gasteiger partial charge in [0.1, 0.15) is 5.01 Å². The third-order valence-electron chi connectivity index (χ3n) is 4.12. The molecule has 132 valence electrons. The Kier molecular flexibility index (Phi) is 5.34. The van der Waals surface area contributed by atoms with Crippen LogP contribution in [-0.4, -0.2) is 28.6 Å². The lowest BCUT2D eigenvalue weighted by atomic mass is 10.1. The number of benzene rings is 1. The van der Waals surface area contributed by atoms with Crippen molar-refractivity contribution in [2.24, 2.45) is 5.92 Å². The molecule has 0 bridgehead atoms. The van der Waals surface area contributed by atoms with E-state index in [0.29, 0.717) is 16.7 Å². The van der Waals surface area contributed by atoms with Crippen LogP contribution in [0.1, 0.15) is 30.3 Å². The minimum absolute atomic E-state index is 0.0796. The lowest BCUT2D eigenvalue weighted by Crippen LogP contribution is -2.28. The first-order chi connectivity index (χ1) is 12.0. The topological polar surface area (TPSA) is 75.2 Å². The highest BCUT2D eigenvalue weighted by Crippen LogP contribution is 2.29. The summed E-state index contributed by atoms with van der Waals surface area (Å²) < 4.78 is 0. The lowest BCUT2D eigenvalue weighted by Gasteiger charge is -2.17. The van der Waals surface area contributed by atoms with Crippen LogP contribution in [0.4, 0.5) is 10.8 Å². The predicted octanol–water partition coefficient (Wildman–Crippen LogP) is 3.44. The Morgan fingerprint density at radius 1 is 1.44 bits per heavy atom. The molecule has 1 aromatic heterocycles. The van der Waals surface area contributed by atoms with E-state index in [1.165, 1.54) is 11.3 Å². The minimum Gasteiger partial charge on any atom is -0.312 e. The quantitative estimate of drug-likeness (QED) is 0.864. The van der Waals surface area contributed by atoms with Crippen molar-refractivity contribution < 1.29 is 9.59 Å². The number of nitrogens with zero attached hydrogens (tertiary/aromatic N) is 3. The Bertz CT molecular complexity index is 808. The molecular formula is C17H19ClN4O2S. The number of halogens is 1. The van der Waals surface area contributed by atoms with Crippen LogP contribution in [0.5, 0.6) is 0 Å². The Hall–Kier alpha value is -1.99. The molecule has 0 radical (unpaired) electrons. The van der Waals surface area contributed by atoms with Crippen LogP contribution < -0.4 is 10.2 Å². The van der Waals surface area contributed by atoms with E-state index >= 15 is 0 Å². The van der Waals surface area contributed by atoms with E-state index in [4.69, 9.17) is 11.6 Å². The number of rotatable bonds is 5. The number of aryl methyl sites for hydroxylation is 2. The number of hydrogen-bond donors (Lipinski definition) is 1. The molecule has 2 heterocycles. The summed E-state index contributed by atoms with van der Waals surface area (Å²) in [6.45, 7) is 4.31. The molecule has 1 aliphatic rings. The molecule has 0 aliphatic carbocycles. The highest BCUT2D eigenvalue weighted by molar-refractivity contribution is 7.15. The number of carbonyl (C=O) groups is 2. The van der Waals surface area contributed by atoms with Crippen molar-refractivity contribution in [2.75, 3.05) is 16.8 Å². The second kappa shape index (κ2) is 7.49. The fourth-order valence-corrected chi connectivity index (χ4v) is 3.73. The van der Waals surface area contributed by atoms with Crippen molar-refractivity contribution in [3.05, 3.63) is 33.8 Å². The average Bonchev–Trinajstić information content (AvgIpc) is 3.17. The van der Waals surface area contributed by atoms with Gasteiger partial charge in [-0.05, 0) is 31.0 Å². The second-order valence-electron chi connectivity index (χ2n) is 6.08. The number of aromatic nitrogens is 2. The first-order valence-corrected chi connectivity index (χ1v) is 9.37. The zero-order valence-corrected chi connectivity index (χ0v) is 15.7. The van der Waals surface area contributed by atoms with Crippen LogP contribution in [0.2, 0.25) is 5.02 Å². The first kappa shape index (κ1) is 17.8. The minimum atomic E-state index is -0.411. The second-order valence-corrected chi connectivity index (χ2v) is 7.55. The van der Waals surface area contributed by atoms with Gasteiger partial charge in [-0.1, -0.05) is 35.9 Å². The molecule has 0 saturated carbocycles. The Labute approximate surface area is 155 Å². The standard InChI is InChI=1S/C17H19ClN4O2S/c1-3-4-14-20-21-17(25-14)19-16(24)11-7-15(23)22(9-11)12-6-5-10(2)13(18)8-12/h5-6,8,11H,3-4,7,9H2,1-2H3,(H,19,21,24)/t11-/m0/s1. The van der Waals surface area contributed by atoms with Crippen molar-refractivity contribution in [3.63, 3.8) is 0 Å². The fraction of sp³-hybridized carbons (Fsp3) is 0.412. The van der Waals surface area contributed by atoms with E-state index < -0.39 is 5.92 Å². The van der Waals surface area contributed by atoms with Gasteiger partial charge in [-0.3, -0.25) is 9.59 Å². The van der Waals surface area contributed by atoms with Gasteiger partial charge >= 0.3 is 0 Å². The average molecular weight is 379 g/mol. The molecule has 1 aliphatic heterocycles. The molecule has 1 atom stereocenters. The van der Waals surface area contributed by atoms with Gasteiger partial charge in [-0.25, -0.2) is 0 Å². The molecular weight excluding hydrogens is 360 g/mol. The number of hydrogen-bond acceptors (Lipinski definition) is 5. The molecule has 2 amide bonds. The molecule has 1 N–H and O–H groups in total. The normalized spacial score (nSPS) is 17.2. The zero-order chi connectivity index (χ0) is 18.0. The van der Waals surface area contributed by atoms with Crippen LogP contribution in [-0.2, 0) is 16.0 Å². The molecule has 6 nitrogen and oxygen atoms in total. The largest absolute Gasteiger partial charge is 0.312 e. The summed E-state index contributed by atoms with van der Waals surface area (Å²) in [5, 5.41) is 12.8. The molecule has 2 aromatic rings. The number of carbonyl (C=O) groups excluding carboxylic acids is 2. The van der Waals surface area contributed by atoms with Crippen molar-refractivity contribution in [3.8, 4) is 0 Å². The summed E-state index contributed by atoms with van der Waals surface area (Å²) in [4.78, 5) is 26.4. The maximum atomic E-state index is 12.4. The summed E-state index contributed by atoms with van der Waals surface area (Å²) in [5.41, 5.74) is 1.67. The first-order valence-electron chi connectivity index (χ1n) is 8.17. The number of nitrogens with one attached hydrogen (secondary N) is 1. The van der Waals surface area contributed by atoms with Crippen molar-refractivity contribution >= 4 is 45.6 Å². The monoisotopic (exact) mass is 378 g/mol. The SMILES string of the molecule is CCCc1nnc(NC(=O)[C@H]2CC(=O)N(c3ccc(C)c(Cl)c3)C2)s1. The van der Waals surface area contributed by atoms with Crippen LogP contribution in [0.25, 0.3) is 0 Å². The van der Waals surface area contributed by atoms with E-state index in [0.717, 1.165) is 29.1 Å². The van der Waals surface area contributed by atoms with E-state index in [1.807, 2.05) is 19.1 Å². The highest BCUT2D eigenvalue weighted by Gasteiger charge is 2.35. The van der Waals surface area contributed by atoms with Gasteiger partial charge in [0.05, 0.1) is 5.92 Å². The van der Waals surface area contributed by atoms with Gasteiger partial charge in [0.15, 0.2) is 0 Å². The third kappa shape index (κ3) is 3.99. The summed E-state index contributed by atoms with van der Waals surface area (Å²) in [6, 6.07) is 5.48. The van der Waals surface area contributed by atoms with Gasteiger partial charge in [0.25, 0.3) is 0 Å². The maximum absolute atomic E-state index is 12.4. The molecule has 3 rings (SSSR count). The van der Waals surface area contributed by atoms with Gasteiger partial charge in [0, 0.05) is 30.1 Å². The zero-order valence-electron chi connectivity index (χ0n) is 14.1. The van der Waals surface area contributed by atoms with E-state index in [2.05, 4.69) is 22.4 Å². The Balaban J connectivity index is 1.66. The van der Waals surface area contributed by atoms with Crippen molar-refractivity contribution in [2.45, 2.75) is 33.1 Å². The molecule has 1 saturated heterocycles. The van der Waals surface area contributed by atoms with Crippen molar-refractivity contribution in [1.29, 1.82) is 0 Å². The van der Waals surface area contributed by atoms with Gasteiger partial charge in [-0.2, -0.15) is 0 Å². The molecule has 0 spiro atoms. The molecule has 25 heavy (non-hydrogen) atoms. The summed E-state index contributed by atoms with van der Waals surface area (Å²) in [6.07, 6.45) is 2.00. The molecule has 1 aromatic carbocycles. The molecule has 1 fully saturated rings. The van der Waals surface area contributed by atoms with Gasteiger partial charge in [0.2, 0.25) is 16.9 Å².